The molecule has 0 bridgehead atoms. The summed E-state index contributed by atoms with van der Waals surface area (Å²) >= 11 is 0. The lowest BCUT2D eigenvalue weighted by Gasteiger charge is -2.16. The lowest BCUT2D eigenvalue weighted by molar-refractivity contribution is 0.476. The normalized spacial score (nSPS) is 16.0. The first-order valence-electron chi connectivity index (χ1n) is 7.17. The minimum atomic E-state index is -3.51. The van der Waals surface area contributed by atoms with E-state index in [1.807, 2.05) is 6.07 Å². The van der Waals surface area contributed by atoms with Gasteiger partial charge in [-0.3, -0.25) is 9.78 Å². The fourth-order valence-corrected chi connectivity index (χ4v) is 4.09. The topological polar surface area (TPSA) is 72.3 Å². The molecule has 0 aliphatic carbocycles. The Hall–Kier alpha value is -1.99. The van der Waals surface area contributed by atoms with Crippen molar-refractivity contribution in [2.75, 3.05) is 13.1 Å². The van der Waals surface area contributed by atoms with E-state index < -0.39 is 10.0 Å². The van der Waals surface area contributed by atoms with Crippen molar-refractivity contribution in [2.24, 2.45) is 0 Å². The molecule has 116 valence electrons. The van der Waals surface area contributed by atoms with E-state index in [1.54, 1.807) is 18.5 Å². The first-order valence-corrected chi connectivity index (χ1v) is 8.61. The average molecular weight is 319 g/mol. The van der Waals surface area contributed by atoms with Crippen LogP contribution in [0.2, 0.25) is 0 Å². The van der Waals surface area contributed by atoms with Crippen LogP contribution in [0.15, 0.2) is 52.5 Å². The van der Waals surface area contributed by atoms with E-state index in [-0.39, 0.29) is 10.5 Å². The Morgan fingerprint density at radius 3 is 2.59 bits per heavy atom. The van der Waals surface area contributed by atoms with Gasteiger partial charge in [-0.2, -0.15) is 4.31 Å². The molecule has 3 heterocycles. The first-order chi connectivity index (χ1) is 10.6. The smallest absolute Gasteiger partial charge is 0.250 e. The van der Waals surface area contributed by atoms with Crippen LogP contribution in [0.3, 0.4) is 0 Å². The third kappa shape index (κ3) is 2.95. The van der Waals surface area contributed by atoms with Crippen molar-refractivity contribution in [1.82, 2.24) is 13.9 Å². The molecule has 2 aromatic rings. The minimum Gasteiger partial charge on any atom is -0.310 e. The number of rotatable bonds is 4. The Morgan fingerprint density at radius 2 is 1.91 bits per heavy atom. The van der Waals surface area contributed by atoms with Crippen LogP contribution in [-0.4, -0.2) is 35.4 Å². The maximum Gasteiger partial charge on any atom is 0.250 e. The zero-order chi connectivity index (χ0) is 15.6. The number of aromatic nitrogens is 2. The molecule has 0 amide bonds. The molecule has 2 aromatic heterocycles. The van der Waals surface area contributed by atoms with Crippen LogP contribution >= 0.6 is 0 Å². The highest BCUT2D eigenvalue weighted by Crippen LogP contribution is 2.19. The van der Waals surface area contributed by atoms with Crippen LogP contribution in [0.4, 0.5) is 0 Å². The Morgan fingerprint density at radius 1 is 1.14 bits per heavy atom. The summed E-state index contributed by atoms with van der Waals surface area (Å²) in [4.78, 5) is 16.1. The predicted octanol–water partition coefficient (Wildman–Crippen LogP) is 1.08. The van der Waals surface area contributed by atoms with E-state index >= 15 is 0 Å². The SMILES string of the molecule is O=c1ccc(S(=O)(=O)N2CCCC2)cn1Cc1cccnc1. The van der Waals surface area contributed by atoms with Gasteiger partial charge in [-0.15, -0.1) is 0 Å². The summed E-state index contributed by atoms with van der Waals surface area (Å²) in [5.41, 5.74) is 0.615. The number of hydrogen-bond donors (Lipinski definition) is 0. The second-order valence-electron chi connectivity index (χ2n) is 5.30. The third-order valence-corrected chi connectivity index (χ3v) is 5.62. The Bertz CT molecular complexity index is 809. The molecule has 1 aliphatic heterocycles. The largest absolute Gasteiger partial charge is 0.310 e. The fraction of sp³-hybridized carbons (Fsp3) is 0.333. The lowest BCUT2D eigenvalue weighted by Crippen LogP contribution is -2.29. The van der Waals surface area contributed by atoms with Crippen molar-refractivity contribution in [2.45, 2.75) is 24.3 Å². The van der Waals surface area contributed by atoms with Crippen molar-refractivity contribution < 1.29 is 8.42 Å². The van der Waals surface area contributed by atoms with Crippen molar-refractivity contribution in [1.29, 1.82) is 0 Å². The van der Waals surface area contributed by atoms with Crippen molar-refractivity contribution in [3.8, 4) is 0 Å². The molecule has 0 saturated carbocycles. The summed E-state index contributed by atoms with van der Waals surface area (Å²) in [5.74, 6) is 0. The monoisotopic (exact) mass is 319 g/mol. The van der Waals surface area contributed by atoms with Crippen LogP contribution in [0, 0.1) is 0 Å². The highest BCUT2D eigenvalue weighted by molar-refractivity contribution is 7.89. The Kier molecular flexibility index (Phi) is 4.08. The molecule has 0 unspecified atom stereocenters. The van der Waals surface area contributed by atoms with Crippen molar-refractivity contribution >= 4 is 10.0 Å². The van der Waals surface area contributed by atoms with Crippen LogP contribution in [0.5, 0.6) is 0 Å². The average Bonchev–Trinajstić information content (AvgIpc) is 3.05. The molecule has 0 radical (unpaired) electrons. The van der Waals surface area contributed by atoms with Gasteiger partial charge in [-0.05, 0) is 30.5 Å². The molecule has 22 heavy (non-hydrogen) atoms. The van der Waals surface area contributed by atoms with Gasteiger partial charge >= 0.3 is 0 Å². The maximum absolute atomic E-state index is 12.5. The highest BCUT2D eigenvalue weighted by Gasteiger charge is 2.27. The fourth-order valence-electron chi connectivity index (χ4n) is 2.55. The van der Waals surface area contributed by atoms with E-state index in [0.29, 0.717) is 19.6 Å². The van der Waals surface area contributed by atoms with Gasteiger partial charge in [0.15, 0.2) is 0 Å². The molecule has 6 nitrogen and oxygen atoms in total. The summed E-state index contributed by atoms with van der Waals surface area (Å²) in [7, 11) is -3.51. The van der Waals surface area contributed by atoms with Gasteiger partial charge in [0, 0.05) is 37.7 Å². The molecule has 3 rings (SSSR count). The summed E-state index contributed by atoms with van der Waals surface area (Å²) < 4.78 is 28.0. The molecule has 0 N–H and O–H groups in total. The molecule has 0 atom stereocenters. The standard InChI is InChI=1S/C15H17N3O3S/c19-15-6-5-14(22(20,21)18-8-1-2-9-18)12-17(15)11-13-4-3-7-16-10-13/h3-7,10,12H,1-2,8-9,11H2. The van der Waals surface area contributed by atoms with Gasteiger partial charge in [-0.1, -0.05) is 6.07 Å². The first kappa shape index (κ1) is 14.9. The Balaban J connectivity index is 1.94. The van der Waals surface area contributed by atoms with Crippen molar-refractivity contribution in [3.63, 3.8) is 0 Å². The number of sulfonamides is 1. The second-order valence-corrected chi connectivity index (χ2v) is 7.24. The summed E-state index contributed by atoms with van der Waals surface area (Å²) in [6.07, 6.45) is 6.50. The highest BCUT2D eigenvalue weighted by atomic mass is 32.2. The van der Waals surface area contributed by atoms with E-state index in [0.717, 1.165) is 18.4 Å². The molecular weight excluding hydrogens is 302 g/mol. The number of pyridine rings is 2. The van der Waals surface area contributed by atoms with Crippen LogP contribution in [0.1, 0.15) is 18.4 Å². The zero-order valence-corrected chi connectivity index (χ0v) is 12.9. The van der Waals surface area contributed by atoms with E-state index in [9.17, 15) is 13.2 Å². The van der Waals surface area contributed by atoms with Gasteiger partial charge < -0.3 is 4.57 Å². The molecular formula is C15H17N3O3S. The molecule has 1 saturated heterocycles. The van der Waals surface area contributed by atoms with Gasteiger partial charge in [-0.25, -0.2) is 8.42 Å². The van der Waals surface area contributed by atoms with E-state index in [2.05, 4.69) is 4.98 Å². The van der Waals surface area contributed by atoms with Gasteiger partial charge in [0.25, 0.3) is 5.56 Å². The van der Waals surface area contributed by atoms with E-state index in [4.69, 9.17) is 0 Å². The molecule has 7 heteroatoms. The van der Waals surface area contributed by atoms with Crippen LogP contribution in [-0.2, 0) is 16.6 Å². The summed E-state index contributed by atoms with van der Waals surface area (Å²) in [6.45, 7) is 1.39. The molecule has 1 aliphatic rings. The van der Waals surface area contributed by atoms with Crippen molar-refractivity contribution in [3.05, 3.63) is 58.8 Å². The summed E-state index contributed by atoms with van der Waals surface area (Å²) in [6, 6.07) is 6.32. The number of hydrogen-bond acceptors (Lipinski definition) is 4. The summed E-state index contributed by atoms with van der Waals surface area (Å²) in [5, 5.41) is 0. The Labute approximate surface area is 129 Å². The van der Waals surface area contributed by atoms with E-state index in [1.165, 1.54) is 27.2 Å². The molecule has 1 fully saturated rings. The third-order valence-electron chi connectivity index (χ3n) is 3.73. The quantitative estimate of drug-likeness (QED) is 0.845. The molecule has 0 aromatic carbocycles. The van der Waals surface area contributed by atoms with Gasteiger partial charge in [0.05, 0.1) is 11.4 Å². The minimum absolute atomic E-state index is 0.165. The van der Waals surface area contributed by atoms with Gasteiger partial charge in [0.2, 0.25) is 10.0 Å². The second kappa shape index (κ2) is 6.02. The maximum atomic E-state index is 12.5. The molecule has 0 spiro atoms. The van der Waals surface area contributed by atoms with Crippen LogP contribution < -0.4 is 5.56 Å². The van der Waals surface area contributed by atoms with Gasteiger partial charge in [0.1, 0.15) is 0 Å². The lowest BCUT2D eigenvalue weighted by atomic mass is 10.3. The predicted molar refractivity (Wildman–Crippen MR) is 82.0 cm³/mol. The van der Waals surface area contributed by atoms with Crippen LogP contribution in [0.25, 0.3) is 0 Å². The zero-order valence-electron chi connectivity index (χ0n) is 12.1. The number of nitrogens with zero attached hydrogens (tertiary/aromatic N) is 3.